The first-order valence-corrected chi connectivity index (χ1v) is 19.6. The predicted octanol–water partition coefficient (Wildman–Crippen LogP) is 13.7. The molecule has 11 aromatic rings. The number of hydrogen-bond donors (Lipinski definition) is 0. The second-order valence-electron chi connectivity index (χ2n) is 14.0. The maximum atomic E-state index is 4.99. The zero-order valence-corrected chi connectivity index (χ0v) is 31.0. The fourth-order valence-electron chi connectivity index (χ4n) is 8.00. The van der Waals surface area contributed by atoms with E-state index in [0.717, 1.165) is 22.4 Å². The lowest BCUT2D eigenvalue weighted by molar-refractivity contribution is 1.07. The van der Waals surface area contributed by atoms with E-state index in [9.17, 15) is 0 Å². The molecule has 0 saturated carbocycles. The number of fused-ring (bicyclic) bond motifs is 6. The van der Waals surface area contributed by atoms with Crippen molar-refractivity contribution in [2.75, 3.05) is 0 Å². The van der Waals surface area contributed by atoms with Crippen LogP contribution in [0.4, 0.5) is 0 Å². The van der Waals surface area contributed by atoms with E-state index in [1.165, 1.54) is 64.2 Å². The molecule has 8 aromatic carbocycles. The summed E-state index contributed by atoms with van der Waals surface area (Å²) in [5, 5.41) is 4.97. The van der Waals surface area contributed by atoms with E-state index in [1.807, 2.05) is 60.7 Å². The Bertz CT molecular complexity index is 3180. The summed E-state index contributed by atoms with van der Waals surface area (Å²) in [4.78, 5) is 14.9. The smallest absolute Gasteiger partial charge is 0.164 e. The summed E-state index contributed by atoms with van der Waals surface area (Å²) in [7, 11) is 0. The standard InChI is InChI=1S/C51H32N4S/c1-4-14-33(15-5-1)49-52-50(34-16-6-2-7-17-34)54-51(53-49)37-24-27-42-44-31-36(26-29-47(44)56-48(42)32-37)40-21-11-10-20-39(40)35-25-28-46-43(30-35)41-22-12-13-23-45(41)55(46)38-18-8-3-9-19-38/h1-32H. The van der Waals surface area contributed by atoms with Crippen molar-refractivity contribution >= 4 is 53.3 Å². The first-order chi connectivity index (χ1) is 27.7. The zero-order valence-electron chi connectivity index (χ0n) is 30.2. The summed E-state index contributed by atoms with van der Waals surface area (Å²) in [6, 6.07) is 68.8. The molecule has 0 N–H and O–H groups in total. The Morgan fingerprint density at radius 2 is 0.839 bits per heavy atom. The number of hydrogen-bond acceptors (Lipinski definition) is 4. The molecule has 0 radical (unpaired) electrons. The average Bonchev–Trinajstić information content (AvgIpc) is 3.81. The molecule has 0 spiro atoms. The van der Waals surface area contributed by atoms with E-state index >= 15 is 0 Å². The SMILES string of the molecule is c1ccc(-c2nc(-c3ccccc3)nc(-c3ccc4c(c3)sc3ccc(-c5ccccc5-c5ccc6c(c5)c5ccccc5n6-c5ccccc5)cc34)n2)cc1. The molecule has 0 atom stereocenters. The van der Waals surface area contributed by atoms with Crippen molar-refractivity contribution in [3.63, 3.8) is 0 Å². The number of para-hydroxylation sites is 2. The van der Waals surface area contributed by atoms with Crippen molar-refractivity contribution in [1.29, 1.82) is 0 Å². The number of benzene rings is 8. The first-order valence-electron chi connectivity index (χ1n) is 18.8. The minimum Gasteiger partial charge on any atom is -0.309 e. The Hall–Kier alpha value is -7.21. The maximum Gasteiger partial charge on any atom is 0.164 e. The molecule has 5 heteroatoms. The highest BCUT2D eigenvalue weighted by Crippen LogP contribution is 2.42. The van der Waals surface area contributed by atoms with Crippen LogP contribution in [0.3, 0.4) is 0 Å². The average molecular weight is 733 g/mol. The summed E-state index contributed by atoms with van der Waals surface area (Å²) in [5.74, 6) is 1.99. The van der Waals surface area contributed by atoms with Crippen molar-refractivity contribution in [2.45, 2.75) is 0 Å². The molecule has 0 aliphatic rings. The summed E-state index contributed by atoms with van der Waals surface area (Å²) in [6.45, 7) is 0. The van der Waals surface area contributed by atoms with Gasteiger partial charge in [-0.3, -0.25) is 0 Å². The Morgan fingerprint density at radius 1 is 0.321 bits per heavy atom. The van der Waals surface area contributed by atoms with Crippen LogP contribution in [-0.2, 0) is 0 Å². The molecule has 0 saturated heterocycles. The molecule has 0 amide bonds. The lowest BCUT2D eigenvalue weighted by atomic mass is 9.93. The molecule has 11 rings (SSSR count). The third-order valence-electron chi connectivity index (χ3n) is 10.7. The van der Waals surface area contributed by atoms with E-state index in [2.05, 4.69) is 138 Å². The second-order valence-corrected chi connectivity index (χ2v) is 15.1. The van der Waals surface area contributed by atoms with Crippen molar-refractivity contribution in [1.82, 2.24) is 19.5 Å². The maximum absolute atomic E-state index is 4.99. The molecule has 0 unspecified atom stereocenters. The Labute approximate surface area is 327 Å². The molecule has 262 valence electrons. The van der Waals surface area contributed by atoms with Crippen LogP contribution in [0, 0.1) is 0 Å². The summed E-state index contributed by atoms with van der Waals surface area (Å²) >= 11 is 1.81. The van der Waals surface area contributed by atoms with Gasteiger partial charge in [-0.1, -0.05) is 146 Å². The van der Waals surface area contributed by atoms with Gasteiger partial charge in [-0.25, -0.2) is 15.0 Å². The molecule has 56 heavy (non-hydrogen) atoms. The summed E-state index contributed by atoms with van der Waals surface area (Å²) in [5.41, 5.74) is 11.3. The van der Waals surface area contributed by atoms with Crippen LogP contribution in [0.5, 0.6) is 0 Å². The van der Waals surface area contributed by atoms with Gasteiger partial charge in [0.15, 0.2) is 17.5 Å². The van der Waals surface area contributed by atoms with Gasteiger partial charge in [-0.2, -0.15) is 0 Å². The predicted molar refractivity (Wildman–Crippen MR) is 234 cm³/mol. The van der Waals surface area contributed by atoms with Crippen LogP contribution in [0.25, 0.3) is 104 Å². The van der Waals surface area contributed by atoms with Gasteiger partial charge in [0.25, 0.3) is 0 Å². The highest BCUT2D eigenvalue weighted by Gasteiger charge is 2.17. The molecule has 0 bridgehead atoms. The van der Waals surface area contributed by atoms with Gasteiger partial charge in [0.1, 0.15) is 0 Å². The highest BCUT2D eigenvalue weighted by atomic mass is 32.1. The molecule has 3 heterocycles. The van der Waals surface area contributed by atoms with E-state index in [1.54, 1.807) is 11.3 Å². The van der Waals surface area contributed by atoms with Gasteiger partial charge in [-0.15, -0.1) is 11.3 Å². The zero-order chi connectivity index (χ0) is 37.0. The second kappa shape index (κ2) is 13.3. The Morgan fingerprint density at radius 3 is 1.52 bits per heavy atom. The fourth-order valence-corrected chi connectivity index (χ4v) is 9.13. The molecule has 3 aromatic heterocycles. The number of aromatic nitrogens is 4. The van der Waals surface area contributed by atoms with Crippen molar-refractivity contribution in [3.05, 3.63) is 194 Å². The molecule has 0 fully saturated rings. The van der Waals surface area contributed by atoms with E-state index in [0.29, 0.717) is 17.5 Å². The van der Waals surface area contributed by atoms with E-state index in [4.69, 9.17) is 15.0 Å². The van der Waals surface area contributed by atoms with Crippen LogP contribution in [0.2, 0.25) is 0 Å². The van der Waals surface area contributed by atoms with Crippen LogP contribution in [0.1, 0.15) is 0 Å². The Balaban J connectivity index is 1.00. The van der Waals surface area contributed by atoms with Crippen molar-refractivity contribution < 1.29 is 0 Å². The van der Waals surface area contributed by atoms with Crippen molar-refractivity contribution in [3.8, 4) is 62.1 Å². The molecular weight excluding hydrogens is 701 g/mol. The normalized spacial score (nSPS) is 11.6. The molecule has 4 nitrogen and oxygen atoms in total. The molecule has 0 aliphatic carbocycles. The van der Waals surface area contributed by atoms with Gasteiger partial charge >= 0.3 is 0 Å². The van der Waals surface area contributed by atoms with Crippen LogP contribution >= 0.6 is 11.3 Å². The van der Waals surface area contributed by atoms with E-state index in [-0.39, 0.29) is 0 Å². The van der Waals surface area contributed by atoms with Gasteiger partial charge in [-0.05, 0) is 70.8 Å². The molecular formula is C51H32N4S. The lowest BCUT2D eigenvalue weighted by Gasteiger charge is -2.12. The number of thiophene rings is 1. The summed E-state index contributed by atoms with van der Waals surface area (Å²) in [6.07, 6.45) is 0. The topological polar surface area (TPSA) is 43.6 Å². The monoisotopic (exact) mass is 732 g/mol. The van der Waals surface area contributed by atoms with Gasteiger partial charge < -0.3 is 4.57 Å². The van der Waals surface area contributed by atoms with Crippen molar-refractivity contribution in [2.24, 2.45) is 0 Å². The molecule has 0 aliphatic heterocycles. The number of nitrogens with zero attached hydrogens (tertiary/aromatic N) is 4. The van der Waals surface area contributed by atoms with E-state index < -0.39 is 0 Å². The third kappa shape index (κ3) is 5.48. The van der Waals surface area contributed by atoms with Gasteiger partial charge in [0, 0.05) is 53.3 Å². The van der Waals surface area contributed by atoms with Gasteiger partial charge in [0.05, 0.1) is 11.0 Å². The Kier molecular flexibility index (Phi) is 7.64. The van der Waals surface area contributed by atoms with Crippen LogP contribution < -0.4 is 0 Å². The summed E-state index contributed by atoms with van der Waals surface area (Å²) < 4.78 is 4.82. The minimum atomic E-state index is 0.662. The third-order valence-corrected chi connectivity index (χ3v) is 11.8. The van der Waals surface area contributed by atoms with Crippen LogP contribution in [0.15, 0.2) is 194 Å². The highest BCUT2D eigenvalue weighted by molar-refractivity contribution is 7.25. The largest absolute Gasteiger partial charge is 0.309 e. The van der Waals surface area contributed by atoms with Gasteiger partial charge in [0.2, 0.25) is 0 Å². The first kappa shape index (κ1) is 32.2. The minimum absolute atomic E-state index is 0.662. The lowest BCUT2D eigenvalue weighted by Crippen LogP contribution is -1.99. The number of rotatable bonds is 6. The quantitative estimate of drug-likeness (QED) is 0.171. The fraction of sp³-hybridized carbons (Fsp3) is 0. The van der Waals surface area contributed by atoms with Crippen LogP contribution in [-0.4, -0.2) is 19.5 Å².